The first kappa shape index (κ1) is 21.8. The van der Waals surface area contributed by atoms with Gasteiger partial charge in [0.1, 0.15) is 6.54 Å². The van der Waals surface area contributed by atoms with Gasteiger partial charge >= 0.3 is 0 Å². The third-order valence-electron chi connectivity index (χ3n) is 4.05. The van der Waals surface area contributed by atoms with Gasteiger partial charge in [0.15, 0.2) is 0 Å². The van der Waals surface area contributed by atoms with Crippen molar-refractivity contribution in [1.82, 2.24) is 13.8 Å². The Balaban J connectivity index is 2.21. The second-order valence-electron chi connectivity index (χ2n) is 5.88. The second-order valence-corrected chi connectivity index (χ2v) is 10.4. The minimum atomic E-state index is -3.70. The summed E-state index contributed by atoms with van der Waals surface area (Å²) in [6, 6.07) is 6.29. The van der Waals surface area contributed by atoms with Gasteiger partial charge in [-0.2, -0.15) is 4.31 Å². The van der Waals surface area contributed by atoms with Crippen LogP contribution in [0.4, 0.5) is 0 Å². The monoisotopic (exact) mass is 475 g/mol. The number of likely N-dealkylation sites (N-methyl/N-ethyl adjacent to an activating group) is 1. The van der Waals surface area contributed by atoms with Crippen molar-refractivity contribution < 1.29 is 13.2 Å². The standard InChI is InChI=1S/C17H22BrN3O4S2/c1-4-21(5-2)27(24,25)14-7-9-16(22)20(11-14)12-17(23)19(3)10-13-6-8-15(18)26-13/h6-9,11H,4-5,10,12H2,1-3H3. The van der Waals surface area contributed by atoms with E-state index in [9.17, 15) is 18.0 Å². The van der Waals surface area contributed by atoms with Crippen molar-refractivity contribution >= 4 is 43.2 Å². The maximum absolute atomic E-state index is 12.6. The molecule has 148 valence electrons. The summed E-state index contributed by atoms with van der Waals surface area (Å²) in [6.07, 6.45) is 1.24. The largest absolute Gasteiger partial charge is 0.339 e. The number of rotatable bonds is 8. The van der Waals surface area contributed by atoms with Crippen LogP contribution in [0.15, 0.2) is 43.9 Å². The fourth-order valence-corrected chi connectivity index (χ4v) is 5.54. The van der Waals surface area contributed by atoms with Crippen LogP contribution in [0.2, 0.25) is 0 Å². The molecule has 7 nitrogen and oxygen atoms in total. The van der Waals surface area contributed by atoms with E-state index in [1.165, 1.54) is 38.9 Å². The summed E-state index contributed by atoms with van der Waals surface area (Å²) in [5.74, 6) is -0.279. The molecule has 2 aromatic rings. The molecule has 2 aromatic heterocycles. The van der Waals surface area contributed by atoms with Crippen molar-refractivity contribution in [2.75, 3.05) is 20.1 Å². The maximum Gasteiger partial charge on any atom is 0.251 e. The lowest BCUT2D eigenvalue weighted by molar-refractivity contribution is -0.131. The third-order valence-corrected chi connectivity index (χ3v) is 7.69. The van der Waals surface area contributed by atoms with Gasteiger partial charge in [0.05, 0.1) is 15.2 Å². The van der Waals surface area contributed by atoms with Crippen LogP contribution < -0.4 is 5.56 Å². The number of nitrogens with zero attached hydrogens (tertiary/aromatic N) is 3. The predicted molar refractivity (Wildman–Crippen MR) is 109 cm³/mol. The van der Waals surface area contributed by atoms with Crippen molar-refractivity contribution in [2.45, 2.75) is 31.8 Å². The summed E-state index contributed by atoms with van der Waals surface area (Å²) in [5.41, 5.74) is -0.422. The number of pyridine rings is 1. The van der Waals surface area contributed by atoms with E-state index in [-0.39, 0.29) is 17.3 Å². The highest BCUT2D eigenvalue weighted by molar-refractivity contribution is 9.11. The lowest BCUT2D eigenvalue weighted by atomic mass is 10.4. The molecule has 0 spiro atoms. The number of amides is 1. The zero-order chi connectivity index (χ0) is 20.2. The van der Waals surface area contributed by atoms with E-state index in [2.05, 4.69) is 15.9 Å². The van der Waals surface area contributed by atoms with Crippen LogP contribution >= 0.6 is 27.3 Å². The van der Waals surface area contributed by atoms with Gasteiger partial charge in [-0.05, 0) is 34.1 Å². The maximum atomic E-state index is 12.6. The van der Waals surface area contributed by atoms with E-state index in [4.69, 9.17) is 0 Å². The van der Waals surface area contributed by atoms with Gasteiger partial charge in [-0.15, -0.1) is 11.3 Å². The Labute approximate surface area is 171 Å². The number of carbonyl (C=O) groups is 1. The summed E-state index contributed by atoms with van der Waals surface area (Å²) < 4.78 is 28.7. The minimum absolute atomic E-state index is 0.00319. The van der Waals surface area contributed by atoms with Crippen LogP contribution in [0.1, 0.15) is 18.7 Å². The van der Waals surface area contributed by atoms with Crippen LogP contribution in [-0.2, 0) is 27.9 Å². The van der Waals surface area contributed by atoms with Crippen molar-refractivity contribution in [3.8, 4) is 0 Å². The zero-order valence-corrected chi connectivity index (χ0v) is 18.6. The SMILES string of the molecule is CCN(CC)S(=O)(=O)c1ccc(=O)n(CC(=O)N(C)Cc2ccc(Br)s2)c1. The van der Waals surface area contributed by atoms with Gasteiger partial charge in [-0.1, -0.05) is 13.8 Å². The first-order valence-electron chi connectivity index (χ1n) is 8.37. The molecule has 2 heterocycles. The zero-order valence-electron chi connectivity index (χ0n) is 15.4. The molecular formula is C17H22BrN3O4S2. The number of sulfonamides is 1. The number of hydrogen-bond donors (Lipinski definition) is 0. The smallest absolute Gasteiger partial charge is 0.251 e. The highest BCUT2D eigenvalue weighted by atomic mass is 79.9. The van der Waals surface area contributed by atoms with Crippen molar-refractivity contribution in [3.05, 3.63) is 49.5 Å². The van der Waals surface area contributed by atoms with Crippen molar-refractivity contribution in [1.29, 1.82) is 0 Å². The molecule has 1 amide bonds. The van der Waals surface area contributed by atoms with E-state index in [1.807, 2.05) is 12.1 Å². The molecule has 0 radical (unpaired) electrons. The van der Waals surface area contributed by atoms with Gasteiger partial charge < -0.3 is 9.47 Å². The molecule has 0 atom stereocenters. The summed E-state index contributed by atoms with van der Waals surface area (Å²) in [4.78, 5) is 27.1. The van der Waals surface area contributed by atoms with E-state index in [0.717, 1.165) is 13.2 Å². The topological polar surface area (TPSA) is 79.7 Å². The van der Waals surface area contributed by atoms with Crippen molar-refractivity contribution in [3.63, 3.8) is 0 Å². The van der Waals surface area contributed by atoms with Gasteiger partial charge in [-0.3, -0.25) is 9.59 Å². The molecule has 0 aliphatic rings. The minimum Gasteiger partial charge on any atom is -0.339 e. The third kappa shape index (κ3) is 5.28. The first-order valence-corrected chi connectivity index (χ1v) is 11.4. The normalized spacial score (nSPS) is 11.7. The summed E-state index contributed by atoms with van der Waals surface area (Å²) in [7, 11) is -2.05. The molecule has 2 rings (SSSR count). The Morgan fingerprint density at radius 1 is 1.19 bits per heavy atom. The van der Waals surface area contributed by atoms with Crippen LogP contribution in [0.3, 0.4) is 0 Å². The molecule has 0 N–H and O–H groups in total. The molecule has 0 saturated heterocycles. The summed E-state index contributed by atoms with van der Waals surface area (Å²) in [5, 5.41) is 0. The Morgan fingerprint density at radius 3 is 2.41 bits per heavy atom. The van der Waals surface area contributed by atoms with Gasteiger partial charge in [0, 0.05) is 37.3 Å². The summed E-state index contributed by atoms with van der Waals surface area (Å²) >= 11 is 4.91. The highest BCUT2D eigenvalue weighted by Crippen LogP contribution is 2.23. The summed E-state index contributed by atoms with van der Waals surface area (Å²) in [6.45, 7) is 4.35. The van der Waals surface area contributed by atoms with Crippen molar-refractivity contribution in [2.24, 2.45) is 0 Å². The number of halogens is 1. The number of aromatic nitrogens is 1. The van der Waals surface area contributed by atoms with Crippen LogP contribution in [0, 0.1) is 0 Å². The van der Waals surface area contributed by atoms with E-state index >= 15 is 0 Å². The second kappa shape index (κ2) is 9.13. The van der Waals surface area contributed by atoms with E-state index < -0.39 is 15.6 Å². The Kier molecular flexibility index (Phi) is 7.38. The fourth-order valence-electron chi connectivity index (χ4n) is 2.52. The van der Waals surface area contributed by atoms with Gasteiger partial charge in [0.2, 0.25) is 15.9 Å². The van der Waals surface area contributed by atoms with Crippen LogP contribution in [0.5, 0.6) is 0 Å². The lowest BCUT2D eigenvalue weighted by Gasteiger charge is -2.20. The molecule has 0 unspecified atom stereocenters. The van der Waals surface area contributed by atoms with Gasteiger partial charge in [0.25, 0.3) is 5.56 Å². The Hall–Kier alpha value is -1.49. The predicted octanol–water partition coefficient (Wildman–Crippen LogP) is 2.36. The fraction of sp³-hybridized carbons (Fsp3) is 0.412. The number of thiophene rings is 1. The average molecular weight is 476 g/mol. The lowest BCUT2D eigenvalue weighted by Crippen LogP contribution is -2.35. The average Bonchev–Trinajstić information content (AvgIpc) is 3.02. The first-order chi connectivity index (χ1) is 12.7. The molecule has 0 bridgehead atoms. The Morgan fingerprint density at radius 2 is 1.85 bits per heavy atom. The molecule has 0 aliphatic heterocycles. The van der Waals surface area contributed by atoms with Gasteiger partial charge in [-0.25, -0.2) is 8.42 Å². The van der Waals surface area contributed by atoms with E-state index in [1.54, 1.807) is 20.9 Å². The number of carbonyl (C=O) groups excluding carboxylic acids is 1. The van der Waals surface area contributed by atoms with E-state index in [0.29, 0.717) is 19.6 Å². The van der Waals surface area contributed by atoms with Crippen LogP contribution in [-0.4, -0.2) is 48.2 Å². The molecule has 0 fully saturated rings. The molecule has 0 aliphatic carbocycles. The highest BCUT2D eigenvalue weighted by Gasteiger charge is 2.23. The van der Waals surface area contributed by atoms with Crippen LogP contribution in [0.25, 0.3) is 0 Å². The molecule has 0 saturated carbocycles. The number of hydrogen-bond acceptors (Lipinski definition) is 5. The quantitative estimate of drug-likeness (QED) is 0.586. The molecular weight excluding hydrogens is 454 g/mol. The molecule has 27 heavy (non-hydrogen) atoms. The Bertz CT molecular complexity index is 965. The molecule has 10 heteroatoms. The molecule has 0 aromatic carbocycles.